The Morgan fingerprint density at radius 1 is 1.26 bits per heavy atom. The molecule has 0 radical (unpaired) electrons. The summed E-state index contributed by atoms with van der Waals surface area (Å²) in [5, 5.41) is 6.12. The molecule has 1 aromatic carbocycles. The van der Waals surface area contributed by atoms with E-state index < -0.39 is 0 Å². The molecule has 0 unspecified atom stereocenters. The number of urea groups is 1. The lowest BCUT2D eigenvalue weighted by atomic mass is 10.3. The molecule has 120 valence electrons. The van der Waals surface area contributed by atoms with Crippen molar-refractivity contribution in [3.8, 4) is 0 Å². The third-order valence-electron chi connectivity index (χ3n) is 3.09. The molecule has 0 fully saturated rings. The number of hydrogen-bond donors (Lipinski definition) is 2. The van der Waals surface area contributed by atoms with Crippen molar-refractivity contribution in [3.05, 3.63) is 48.4 Å². The predicted octanol–water partition coefficient (Wildman–Crippen LogP) is 3.62. The molecule has 23 heavy (non-hydrogen) atoms. The zero-order chi connectivity index (χ0) is 15.9. The van der Waals surface area contributed by atoms with E-state index in [0.29, 0.717) is 24.9 Å². The number of benzene rings is 1. The maximum Gasteiger partial charge on any atom is 0.321 e. The maximum atomic E-state index is 11.8. The van der Waals surface area contributed by atoms with Gasteiger partial charge in [0.1, 0.15) is 12.4 Å². The van der Waals surface area contributed by atoms with Crippen molar-refractivity contribution >= 4 is 32.7 Å². The number of fused-ring (bicyclic) bond motifs is 1. The Morgan fingerprint density at radius 2 is 2.17 bits per heavy atom. The van der Waals surface area contributed by atoms with Gasteiger partial charge in [-0.1, -0.05) is 23.5 Å². The number of nitrogens with zero attached hydrogens (tertiary/aromatic N) is 1. The fraction of sp³-hybridized carbons (Fsp3) is 0.250. The second kappa shape index (κ2) is 7.75. The van der Waals surface area contributed by atoms with Crippen LogP contribution < -0.4 is 10.6 Å². The summed E-state index contributed by atoms with van der Waals surface area (Å²) >= 11 is 1.45. The van der Waals surface area contributed by atoms with Crippen LogP contribution in [0.1, 0.15) is 12.2 Å². The van der Waals surface area contributed by atoms with Crippen LogP contribution >= 0.6 is 11.3 Å². The summed E-state index contributed by atoms with van der Waals surface area (Å²) in [5.41, 5.74) is 0.888. The topological polar surface area (TPSA) is 76.4 Å². The Morgan fingerprint density at radius 3 is 3.00 bits per heavy atom. The standard InChI is InChI=1S/C16H17N3O3S/c20-15(17-8-4-9-21-11-12-5-3-10-22-12)19-16-18-13-6-1-2-7-14(13)23-16/h1-3,5-7,10H,4,8-9,11H2,(H2,17,18,19,20). The molecule has 3 aromatic rings. The minimum atomic E-state index is -0.255. The Balaban J connectivity index is 1.33. The molecule has 0 bridgehead atoms. The number of para-hydroxylation sites is 1. The SMILES string of the molecule is O=C(NCCCOCc1ccco1)Nc1nc2ccccc2s1. The summed E-state index contributed by atoms with van der Waals surface area (Å²) in [5.74, 6) is 0.798. The van der Waals surface area contributed by atoms with Crippen molar-refractivity contribution in [1.29, 1.82) is 0 Å². The fourth-order valence-electron chi connectivity index (χ4n) is 2.01. The molecular formula is C16H17N3O3S. The zero-order valence-corrected chi connectivity index (χ0v) is 13.3. The van der Waals surface area contributed by atoms with Gasteiger partial charge in [0.15, 0.2) is 5.13 Å². The molecule has 2 N–H and O–H groups in total. The molecule has 0 saturated heterocycles. The average molecular weight is 331 g/mol. The van der Waals surface area contributed by atoms with Crippen molar-refractivity contribution in [2.75, 3.05) is 18.5 Å². The number of carbonyl (C=O) groups is 1. The summed E-state index contributed by atoms with van der Waals surface area (Å²) in [7, 11) is 0. The minimum Gasteiger partial charge on any atom is -0.467 e. The van der Waals surface area contributed by atoms with Crippen molar-refractivity contribution in [3.63, 3.8) is 0 Å². The fourth-order valence-corrected chi connectivity index (χ4v) is 2.87. The smallest absolute Gasteiger partial charge is 0.321 e. The summed E-state index contributed by atoms with van der Waals surface area (Å²) in [6, 6.07) is 11.2. The number of thiazole rings is 1. The van der Waals surface area contributed by atoms with Crippen LogP contribution in [-0.4, -0.2) is 24.2 Å². The van der Waals surface area contributed by atoms with Crippen LogP contribution in [0.15, 0.2) is 47.1 Å². The number of hydrogen-bond acceptors (Lipinski definition) is 5. The molecule has 0 atom stereocenters. The lowest BCUT2D eigenvalue weighted by molar-refractivity contribution is 0.104. The number of amides is 2. The van der Waals surface area contributed by atoms with Crippen LogP contribution in [0.5, 0.6) is 0 Å². The largest absolute Gasteiger partial charge is 0.467 e. The van der Waals surface area contributed by atoms with Gasteiger partial charge in [-0.25, -0.2) is 9.78 Å². The van der Waals surface area contributed by atoms with Crippen LogP contribution in [-0.2, 0) is 11.3 Å². The van der Waals surface area contributed by atoms with E-state index in [1.54, 1.807) is 6.26 Å². The normalized spacial score (nSPS) is 10.8. The Bertz CT molecular complexity index is 722. The quantitative estimate of drug-likeness (QED) is 0.648. The Hall–Kier alpha value is -2.38. The Kier molecular flexibility index (Phi) is 5.23. The second-order valence-corrected chi connectivity index (χ2v) is 5.88. The summed E-state index contributed by atoms with van der Waals surface area (Å²) in [4.78, 5) is 16.1. The first kappa shape index (κ1) is 15.5. The molecule has 0 spiro atoms. The van der Waals surface area contributed by atoms with Gasteiger partial charge >= 0.3 is 6.03 Å². The van der Waals surface area contributed by atoms with Gasteiger partial charge in [-0.15, -0.1) is 0 Å². The monoisotopic (exact) mass is 331 g/mol. The molecule has 2 amide bonds. The summed E-state index contributed by atoms with van der Waals surface area (Å²) < 4.78 is 11.7. The molecule has 2 heterocycles. The number of furan rings is 1. The molecule has 0 aliphatic carbocycles. The van der Waals surface area contributed by atoms with Crippen molar-refractivity contribution in [1.82, 2.24) is 10.3 Å². The van der Waals surface area contributed by atoms with Crippen LogP contribution in [0.2, 0.25) is 0 Å². The number of nitrogens with one attached hydrogen (secondary N) is 2. The van der Waals surface area contributed by atoms with Gasteiger partial charge < -0.3 is 14.5 Å². The molecule has 0 aliphatic rings. The number of aromatic nitrogens is 1. The van der Waals surface area contributed by atoms with Gasteiger partial charge in [0, 0.05) is 13.2 Å². The minimum absolute atomic E-state index is 0.255. The average Bonchev–Trinajstić information content (AvgIpc) is 3.19. The third kappa shape index (κ3) is 4.54. The molecule has 6 nitrogen and oxygen atoms in total. The summed E-state index contributed by atoms with van der Waals surface area (Å²) in [6.45, 7) is 1.54. The molecule has 2 aromatic heterocycles. The predicted molar refractivity (Wildman–Crippen MR) is 89.6 cm³/mol. The van der Waals surface area contributed by atoms with E-state index in [2.05, 4.69) is 15.6 Å². The van der Waals surface area contributed by atoms with E-state index >= 15 is 0 Å². The number of rotatable bonds is 7. The van der Waals surface area contributed by atoms with Crippen LogP contribution in [0.4, 0.5) is 9.93 Å². The number of carbonyl (C=O) groups excluding carboxylic acids is 1. The van der Waals surface area contributed by atoms with Crippen LogP contribution in [0, 0.1) is 0 Å². The highest BCUT2D eigenvalue weighted by Gasteiger charge is 2.06. The van der Waals surface area contributed by atoms with E-state index in [9.17, 15) is 4.79 Å². The van der Waals surface area contributed by atoms with Gasteiger partial charge in [0.25, 0.3) is 0 Å². The maximum absolute atomic E-state index is 11.8. The first-order valence-corrected chi connectivity index (χ1v) is 8.13. The molecule has 3 rings (SSSR count). The van der Waals surface area contributed by atoms with Crippen molar-refractivity contribution in [2.45, 2.75) is 13.0 Å². The molecule has 0 saturated carbocycles. The van der Waals surface area contributed by atoms with Gasteiger partial charge in [0.2, 0.25) is 0 Å². The molecule has 7 heteroatoms. The van der Waals surface area contributed by atoms with E-state index in [1.165, 1.54) is 11.3 Å². The van der Waals surface area contributed by atoms with Gasteiger partial charge in [0.05, 0.1) is 16.5 Å². The second-order valence-electron chi connectivity index (χ2n) is 4.85. The highest BCUT2D eigenvalue weighted by molar-refractivity contribution is 7.22. The van der Waals surface area contributed by atoms with Gasteiger partial charge in [-0.2, -0.15) is 0 Å². The first-order valence-electron chi connectivity index (χ1n) is 7.32. The van der Waals surface area contributed by atoms with Crippen LogP contribution in [0.25, 0.3) is 10.2 Å². The molecular weight excluding hydrogens is 314 g/mol. The Labute approximate surface area is 137 Å². The van der Waals surface area contributed by atoms with E-state index in [4.69, 9.17) is 9.15 Å². The lowest BCUT2D eigenvalue weighted by Gasteiger charge is -2.05. The van der Waals surface area contributed by atoms with Crippen molar-refractivity contribution in [2.24, 2.45) is 0 Å². The lowest BCUT2D eigenvalue weighted by Crippen LogP contribution is -2.30. The van der Waals surface area contributed by atoms with Crippen LogP contribution in [0.3, 0.4) is 0 Å². The first-order chi connectivity index (χ1) is 11.3. The summed E-state index contributed by atoms with van der Waals surface area (Å²) in [6.07, 6.45) is 2.35. The number of anilines is 1. The van der Waals surface area contributed by atoms with E-state index in [0.717, 1.165) is 22.4 Å². The zero-order valence-electron chi connectivity index (χ0n) is 12.5. The van der Waals surface area contributed by atoms with E-state index in [1.807, 2.05) is 36.4 Å². The van der Waals surface area contributed by atoms with Crippen molar-refractivity contribution < 1.29 is 13.9 Å². The highest BCUT2D eigenvalue weighted by atomic mass is 32.1. The van der Waals surface area contributed by atoms with E-state index in [-0.39, 0.29) is 6.03 Å². The van der Waals surface area contributed by atoms with Gasteiger partial charge in [-0.3, -0.25) is 5.32 Å². The third-order valence-corrected chi connectivity index (χ3v) is 4.04. The highest BCUT2D eigenvalue weighted by Crippen LogP contribution is 2.25. The number of ether oxygens (including phenoxy) is 1. The molecule has 0 aliphatic heterocycles. The van der Waals surface area contributed by atoms with Gasteiger partial charge in [-0.05, 0) is 30.7 Å².